The van der Waals surface area contributed by atoms with Gasteiger partial charge < -0.3 is 9.52 Å². The Morgan fingerprint density at radius 1 is 1.50 bits per heavy atom. The maximum atomic E-state index is 13.2. The minimum absolute atomic E-state index is 0.0575. The lowest BCUT2D eigenvalue weighted by molar-refractivity contribution is 0.102. The van der Waals surface area contributed by atoms with Crippen molar-refractivity contribution in [2.24, 2.45) is 0 Å². The number of hydrogen-bond acceptors (Lipinski definition) is 5. The molecule has 102 valence electrons. The average molecular weight is 275 g/mol. The van der Waals surface area contributed by atoms with Gasteiger partial charge in [0.1, 0.15) is 12.4 Å². The summed E-state index contributed by atoms with van der Waals surface area (Å²) in [5.41, 5.74) is 0.302. The van der Waals surface area contributed by atoms with Crippen LogP contribution in [-0.4, -0.2) is 27.8 Å². The van der Waals surface area contributed by atoms with E-state index in [4.69, 9.17) is 9.52 Å². The molecule has 6 nitrogen and oxygen atoms in total. The monoisotopic (exact) mass is 275 g/mol. The molecule has 2 aromatic rings. The van der Waals surface area contributed by atoms with Gasteiger partial charge in [0, 0.05) is 12.5 Å². The van der Waals surface area contributed by atoms with Crippen molar-refractivity contribution in [1.29, 1.82) is 0 Å². The first-order chi connectivity index (χ1) is 9.60. The minimum Gasteiger partial charge on any atom is -0.408 e. The summed E-state index contributed by atoms with van der Waals surface area (Å²) >= 11 is 0. The number of aromatic nitrogens is 2. The van der Waals surface area contributed by atoms with E-state index in [2.05, 4.69) is 27.4 Å². The van der Waals surface area contributed by atoms with Gasteiger partial charge >= 0.3 is 6.01 Å². The Balaban J connectivity index is 2.29. The molecule has 1 aromatic heterocycles. The summed E-state index contributed by atoms with van der Waals surface area (Å²) in [6.45, 7) is 1.19. The topological polar surface area (TPSA) is 88.2 Å². The Hall–Kier alpha value is -2.72. The van der Waals surface area contributed by atoms with Crippen LogP contribution in [0.15, 0.2) is 22.6 Å². The number of rotatable bonds is 2. The largest absolute Gasteiger partial charge is 0.408 e. The summed E-state index contributed by atoms with van der Waals surface area (Å²) < 4.78 is 18.2. The van der Waals surface area contributed by atoms with E-state index in [0.29, 0.717) is 5.89 Å². The van der Waals surface area contributed by atoms with E-state index in [9.17, 15) is 9.18 Å². The fourth-order valence-corrected chi connectivity index (χ4v) is 1.46. The van der Waals surface area contributed by atoms with Crippen LogP contribution in [0.3, 0.4) is 0 Å². The normalized spacial score (nSPS) is 9.75. The number of carbonyl (C=O) groups is 1. The van der Waals surface area contributed by atoms with E-state index in [1.54, 1.807) is 6.92 Å². The smallest absolute Gasteiger partial charge is 0.322 e. The number of amides is 1. The molecule has 0 unspecified atom stereocenters. The zero-order valence-electron chi connectivity index (χ0n) is 10.5. The lowest BCUT2D eigenvalue weighted by atomic mass is 10.1. The zero-order chi connectivity index (χ0) is 14.5. The van der Waals surface area contributed by atoms with Crippen molar-refractivity contribution in [3.8, 4) is 11.8 Å². The molecule has 0 atom stereocenters. The number of anilines is 1. The molecule has 1 aromatic carbocycles. The van der Waals surface area contributed by atoms with E-state index in [-0.39, 0.29) is 23.7 Å². The number of halogens is 1. The maximum Gasteiger partial charge on any atom is 0.322 e. The Morgan fingerprint density at radius 3 is 2.95 bits per heavy atom. The highest BCUT2D eigenvalue weighted by Crippen LogP contribution is 2.13. The average Bonchev–Trinajstić information content (AvgIpc) is 2.81. The van der Waals surface area contributed by atoms with E-state index in [1.807, 2.05) is 0 Å². The molecule has 0 fully saturated rings. The maximum absolute atomic E-state index is 13.2. The molecule has 1 heterocycles. The number of aliphatic hydroxyl groups is 1. The van der Waals surface area contributed by atoms with Crippen LogP contribution in [0, 0.1) is 24.6 Å². The van der Waals surface area contributed by atoms with Crippen molar-refractivity contribution in [1.82, 2.24) is 10.2 Å². The van der Waals surface area contributed by atoms with Crippen LogP contribution in [0.2, 0.25) is 0 Å². The molecule has 2 rings (SSSR count). The third-order valence-corrected chi connectivity index (χ3v) is 2.27. The number of aliphatic hydroxyl groups excluding tert-OH is 1. The highest BCUT2D eigenvalue weighted by Gasteiger charge is 2.14. The summed E-state index contributed by atoms with van der Waals surface area (Å²) in [6, 6.07) is 3.47. The van der Waals surface area contributed by atoms with Crippen molar-refractivity contribution in [2.45, 2.75) is 6.92 Å². The van der Waals surface area contributed by atoms with E-state index in [1.165, 1.54) is 6.07 Å². The number of nitrogens with one attached hydrogen (secondary N) is 1. The van der Waals surface area contributed by atoms with Crippen molar-refractivity contribution in [3.63, 3.8) is 0 Å². The third-order valence-electron chi connectivity index (χ3n) is 2.27. The van der Waals surface area contributed by atoms with Gasteiger partial charge in [-0.2, -0.15) is 0 Å². The Bertz CT molecular complexity index is 700. The van der Waals surface area contributed by atoms with E-state index < -0.39 is 11.7 Å². The van der Waals surface area contributed by atoms with Gasteiger partial charge in [-0.1, -0.05) is 16.9 Å². The van der Waals surface area contributed by atoms with Crippen LogP contribution < -0.4 is 5.32 Å². The number of nitrogens with zero attached hydrogens (tertiary/aromatic N) is 2. The third kappa shape index (κ3) is 3.18. The summed E-state index contributed by atoms with van der Waals surface area (Å²) in [5, 5.41) is 18.2. The summed E-state index contributed by atoms with van der Waals surface area (Å²) in [5.74, 6) is 4.09. The van der Waals surface area contributed by atoms with Gasteiger partial charge in [0.05, 0.1) is 5.56 Å². The molecule has 0 saturated heterocycles. The Labute approximate surface area is 113 Å². The number of aryl methyl sites for hydroxylation is 1. The van der Waals surface area contributed by atoms with Gasteiger partial charge in [-0.3, -0.25) is 10.1 Å². The molecule has 0 saturated carbocycles. The number of benzene rings is 1. The molecular weight excluding hydrogens is 265 g/mol. The second kappa shape index (κ2) is 5.95. The molecule has 0 aliphatic heterocycles. The van der Waals surface area contributed by atoms with Crippen LogP contribution in [0.1, 0.15) is 21.8 Å². The van der Waals surface area contributed by atoms with Crippen LogP contribution in [0.4, 0.5) is 10.4 Å². The molecule has 0 aliphatic carbocycles. The first-order valence-electron chi connectivity index (χ1n) is 5.61. The summed E-state index contributed by atoms with van der Waals surface area (Å²) in [4.78, 5) is 12.0. The van der Waals surface area contributed by atoms with E-state index >= 15 is 0 Å². The van der Waals surface area contributed by atoms with Gasteiger partial charge in [-0.05, 0) is 18.2 Å². The second-order valence-electron chi connectivity index (χ2n) is 3.73. The van der Waals surface area contributed by atoms with Gasteiger partial charge in [-0.25, -0.2) is 4.39 Å². The summed E-state index contributed by atoms with van der Waals surface area (Å²) in [6.07, 6.45) is 0. The van der Waals surface area contributed by atoms with Gasteiger partial charge in [0.15, 0.2) is 0 Å². The predicted molar refractivity (Wildman–Crippen MR) is 67.4 cm³/mol. The van der Waals surface area contributed by atoms with Crippen molar-refractivity contribution in [3.05, 3.63) is 41.0 Å². The molecular formula is C13H10FN3O3. The second-order valence-corrected chi connectivity index (χ2v) is 3.73. The van der Waals surface area contributed by atoms with Crippen LogP contribution in [0.5, 0.6) is 0 Å². The molecule has 2 N–H and O–H groups in total. The molecule has 0 aliphatic rings. The molecule has 0 radical (unpaired) electrons. The minimum atomic E-state index is -0.559. The molecule has 0 bridgehead atoms. The van der Waals surface area contributed by atoms with Gasteiger partial charge in [0.25, 0.3) is 5.91 Å². The fourth-order valence-electron chi connectivity index (χ4n) is 1.46. The Kier molecular flexibility index (Phi) is 4.08. The lowest BCUT2D eigenvalue weighted by Crippen LogP contribution is -2.14. The predicted octanol–water partition coefficient (Wildman–Crippen LogP) is 1.11. The van der Waals surface area contributed by atoms with Crippen molar-refractivity contribution < 1.29 is 18.7 Å². The zero-order valence-corrected chi connectivity index (χ0v) is 10.5. The van der Waals surface area contributed by atoms with Gasteiger partial charge in [-0.15, -0.1) is 5.10 Å². The lowest BCUT2D eigenvalue weighted by Gasteiger charge is -2.03. The Morgan fingerprint density at radius 2 is 2.30 bits per heavy atom. The molecule has 20 heavy (non-hydrogen) atoms. The van der Waals surface area contributed by atoms with Gasteiger partial charge in [0.2, 0.25) is 5.89 Å². The quantitative estimate of drug-likeness (QED) is 0.802. The molecule has 0 spiro atoms. The highest BCUT2D eigenvalue weighted by molar-refractivity contribution is 6.04. The standard InChI is InChI=1S/C13H10FN3O3/c1-8-16-17-13(20-8)15-12(19)11-5-4-10(14)7-9(11)3-2-6-18/h4-5,7,18H,6H2,1H3,(H,15,17,19). The molecule has 7 heteroatoms. The van der Waals surface area contributed by atoms with Crippen LogP contribution >= 0.6 is 0 Å². The SMILES string of the molecule is Cc1nnc(NC(=O)c2ccc(F)cc2C#CCO)o1. The number of carbonyl (C=O) groups excluding carboxylic acids is 1. The van der Waals surface area contributed by atoms with Crippen LogP contribution in [0.25, 0.3) is 0 Å². The summed E-state index contributed by atoms with van der Waals surface area (Å²) in [7, 11) is 0. The van der Waals surface area contributed by atoms with Crippen LogP contribution in [-0.2, 0) is 0 Å². The first-order valence-corrected chi connectivity index (χ1v) is 5.61. The molecule has 1 amide bonds. The van der Waals surface area contributed by atoms with E-state index in [0.717, 1.165) is 12.1 Å². The fraction of sp³-hybridized carbons (Fsp3) is 0.154. The number of hydrogen-bond donors (Lipinski definition) is 2. The highest BCUT2D eigenvalue weighted by atomic mass is 19.1. The first kappa shape index (κ1) is 13.7. The van der Waals surface area contributed by atoms with Crippen molar-refractivity contribution >= 4 is 11.9 Å². The van der Waals surface area contributed by atoms with Crippen molar-refractivity contribution in [2.75, 3.05) is 11.9 Å².